The van der Waals surface area contributed by atoms with Crippen LogP contribution in [0.5, 0.6) is 0 Å². The van der Waals surface area contributed by atoms with Crippen molar-refractivity contribution in [3.63, 3.8) is 0 Å². The maximum atomic E-state index is 13.7. The van der Waals surface area contributed by atoms with E-state index in [1.54, 1.807) is 18.2 Å². The highest BCUT2D eigenvalue weighted by Gasteiger charge is 2.65. The van der Waals surface area contributed by atoms with Crippen LogP contribution in [0, 0.1) is 5.92 Å². The predicted molar refractivity (Wildman–Crippen MR) is 106 cm³/mol. The zero-order valence-electron chi connectivity index (χ0n) is 16.0. The van der Waals surface area contributed by atoms with Gasteiger partial charge in [-0.2, -0.15) is 13.2 Å². The Balaban J connectivity index is 1.32. The zero-order valence-corrected chi connectivity index (χ0v) is 16.8. The first-order chi connectivity index (χ1) is 13.8. The van der Waals surface area contributed by atoms with E-state index in [0.717, 1.165) is 44.2 Å². The Hall–Kier alpha value is -1.60. The van der Waals surface area contributed by atoms with Gasteiger partial charge in [-0.25, -0.2) is 0 Å². The SMILES string of the molecule is O=C(N[C@@H]1C2CCN(CC2)C12CC2)c1cc2cccc(C3(C(F)(F)F)CC3)c2s1. The van der Waals surface area contributed by atoms with E-state index in [2.05, 4.69) is 10.2 Å². The summed E-state index contributed by atoms with van der Waals surface area (Å²) in [4.78, 5) is 16.2. The van der Waals surface area contributed by atoms with Crippen LogP contribution in [0.15, 0.2) is 24.3 Å². The fraction of sp³-hybridized carbons (Fsp3) is 0.591. The third-order valence-corrected chi connectivity index (χ3v) is 9.03. The van der Waals surface area contributed by atoms with Crippen LogP contribution in [0.1, 0.15) is 53.8 Å². The Labute approximate surface area is 171 Å². The molecule has 5 fully saturated rings. The van der Waals surface area contributed by atoms with Crippen molar-refractivity contribution in [2.75, 3.05) is 13.1 Å². The van der Waals surface area contributed by atoms with E-state index in [4.69, 9.17) is 0 Å². The average molecular weight is 421 g/mol. The number of amides is 1. The standard InChI is InChI=1S/C22H23F3N2OS/c23-22(24,25)20(6-7-20)15-3-1-2-14-12-16(29-17(14)15)19(28)26-18-13-4-10-27(11-5-13)21(18)8-9-21/h1-3,12-13,18H,4-11H2,(H,26,28)/t18-/m1/s1. The second kappa shape index (κ2) is 5.76. The highest BCUT2D eigenvalue weighted by Crippen LogP contribution is 2.60. The Morgan fingerprint density at radius 3 is 2.48 bits per heavy atom. The second-order valence-corrected chi connectivity index (χ2v) is 10.3. The number of thiophene rings is 1. The number of fused-ring (bicyclic) bond motifs is 3. The molecule has 1 spiro atoms. The molecule has 0 unspecified atom stereocenters. The normalized spacial score (nSPS) is 31.2. The minimum Gasteiger partial charge on any atom is -0.346 e. The first kappa shape index (κ1) is 18.2. The molecule has 1 amide bonds. The summed E-state index contributed by atoms with van der Waals surface area (Å²) in [6.07, 6.45) is 0.545. The number of carbonyl (C=O) groups is 1. The third-order valence-electron chi connectivity index (χ3n) is 7.84. The van der Waals surface area contributed by atoms with Crippen LogP contribution in [-0.2, 0) is 5.41 Å². The highest BCUT2D eigenvalue weighted by molar-refractivity contribution is 7.21. The third kappa shape index (κ3) is 2.49. The van der Waals surface area contributed by atoms with Crippen LogP contribution in [0.2, 0.25) is 0 Å². The largest absolute Gasteiger partial charge is 0.398 e. The number of piperidine rings is 3. The van der Waals surface area contributed by atoms with Crippen molar-refractivity contribution < 1.29 is 18.0 Å². The summed E-state index contributed by atoms with van der Waals surface area (Å²) in [5, 5.41) is 4.03. The molecule has 4 heterocycles. The summed E-state index contributed by atoms with van der Waals surface area (Å²) in [7, 11) is 0. The van der Waals surface area contributed by atoms with E-state index in [1.807, 2.05) is 6.07 Å². The van der Waals surface area contributed by atoms with E-state index in [9.17, 15) is 18.0 Å². The highest BCUT2D eigenvalue weighted by atomic mass is 32.1. The summed E-state index contributed by atoms with van der Waals surface area (Å²) < 4.78 is 41.7. The van der Waals surface area contributed by atoms with Crippen LogP contribution in [-0.4, -0.2) is 41.7 Å². The van der Waals surface area contributed by atoms with E-state index in [-0.39, 0.29) is 30.3 Å². The molecule has 29 heavy (non-hydrogen) atoms. The molecule has 1 N–H and O–H groups in total. The van der Waals surface area contributed by atoms with Crippen LogP contribution < -0.4 is 5.32 Å². The quantitative estimate of drug-likeness (QED) is 0.770. The van der Waals surface area contributed by atoms with Gasteiger partial charge in [-0.05, 0) is 74.5 Å². The molecule has 1 aromatic carbocycles. The van der Waals surface area contributed by atoms with Crippen molar-refractivity contribution in [3.8, 4) is 0 Å². The van der Waals surface area contributed by atoms with Crippen LogP contribution in [0.4, 0.5) is 13.2 Å². The molecule has 7 rings (SSSR count). The van der Waals surface area contributed by atoms with Gasteiger partial charge in [0.25, 0.3) is 5.91 Å². The van der Waals surface area contributed by atoms with Crippen LogP contribution in [0.3, 0.4) is 0 Å². The van der Waals surface area contributed by atoms with Gasteiger partial charge in [0.05, 0.1) is 16.3 Å². The van der Waals surface area contributed by atoms with E-state index in [0.29, 0.717) is 21.1 Å². The summed E-state index contributed by atoms with van der Waals surface area (Å²) in [5.74, 6) is 0.399. The van der Waals surface area contributed by atoms with E-state index < -0.39 is 11.6 Å². The molecule has 3 aliphatic heterocycles. The number of halogens is 3. The number of alkyl halides is 3. The Bertz CT molecular complexity index is 997. The molecule has 2 bridgehead atoms. The second-order valence-electron chi connectivity index (χ2n) is 9.29. The van der Waals surface area contributed by atoms with Crippen LogP contribution in [0.25, 0.3) is 10.1 Å². The molecule has 154 valence electrons. The average Bonchev–Trinajstić information content (AvgIpc) is 3.61. The fourth-order valence-electron chi connectivity index (χ4n) is 5.92. The summed E-state index contributed by atoms with van der Waals surface area (Å²) >= 11 is 1.22. The summed E-state index contributed by atoms with van der Waals surface area (Å²) in [5.41, 5.74) is -1.24. The molecule has 2 saturated carbocycles. The van der Waals surface area contributed by atoms with Crippen LogP contribution >= 0.6 is 11.3 Å². The van der Waals surface area contributed by atoms with Crippen molar-refractivity contribution in [2.24, 2.45) is 5.92 Å². The van der Waals surface area contributed by atoms with Gasteiger partial charge < -0.3 is 5.32 Å². The van der Waals surface area contributed by atoms with Gasteiger partial charge in [0.1, 0.15) is 0 Å². The molecule has 0 radical (unpaired) electrons. The molecule has 7 heteroatoms. The van der Waals surface area contributed by atoms with Gasteiger partial charge in [-0.3, -0.25) is 9.69 Å². The van der Waals surface area contributed by atoms with E-state index in [1.165, 1.54) is 11.3 Å². The van der Waals surface area contributed by atoms with Crippen molar-refractivity contribution in [1.82, 2.24) is 10.2 Å². The number of hydrogen-bond acceptors (Lipinski definition) is 3. The van der Waals surface area contributed by atoms with E-state index >= 15 is 0 Å². The number of hydrogen-bond donors (Lipinski definition) is 1. The van der Waals surface area contributed by atoms with Gasteiger partial charge in [0, 0.05) is 10.2 Å². The first-order valence-electron chi connectivity index (χ1n) is 10.5. The van der Waals surface area contributed by atoms with Gasteiger partial charge in [0.15, 0.2) is 0 Å². The summed E-state index contributed by atoms with van der Waals surface area (Å²) in [6, 6.07) is 7.03. The molecule has 3 saturated heterocycles. The molecule has 2 aromatic rings. The Morgan fingerprint density at radius 2 is 1.86 bits per heavy atom. The molecule has 3 nitrogen and oxygen atoms in total. The van der Waals surface area contributed by atoms with Gasteiger partial charge >= 0.3 is 6.18 Å². The minimum atomic E-state index is -4.25. The zero-order chi connectivity index (χ0) is 20.0. The minimum absolute atomic E-state index is 0.126. The molecular weight excluding hydrogens is 397 g/mol. The molecule has 5 aliphatic rings. The van der Waals surface area contributed by atoms with Gasteiger partial charge in [0.2, 0.25) is 0 Å². The Morgan fingerprint density at radius 1 is 1.14 bits per heavy atom. The fourth-order valence-corrected chi connectivity index (χ4v) is 7.09. The number of carbonyl (C=O) groups excluding carboxylic acids is 1. The maximum absolute atomic E-state index is 13.7. The monoisotopic (exact) mass is 420 g/mol. The topological polar surface area (TPSA) is 32.3 Å². The molecular formula is C22H23F3N2OS. The maximum Gasteiger partial charge on any atom is 0.398 e. The lowest BCUT2D eigenvalue weighted by molar-refractivity contribution is -0.160. The number of nitrogens with one attached hydrogen (secondary N) is 1. The molecule has 1 atom stereocenters. The predicted octanol–water partition coefficient (Wildman–Crippen LogP) is 4.85. The first-order valence-corrected chi connectivity index (χ1v) is 11.3. The van der Waals surface area contributed by atoms with Gasteiger partial charge in [-0.1, -0.05) is 18.2 Å². The lowest BCUT2D eigenvalue weighted by Crippen LogP contribution is -2.65. The van der Waals surface area contributed by atoms with Crippen molar-refractivity contribution in [3.05, 3.63) is 34.7 Å². The number of nitrogens with zero attached hydrogens (tertiary/aromatic N) is 1. The summed E-state index contributed by atoms with van der Waals surface area (Å²) in [6.45, 7) is 2.26. The molecule has 1 aromatic heterocycles. The lowest BCUT2D eigenvalue weighted by Gasteiger charge is -2.52. The van der Waals surface area contributed by atoms with Crippen molar-refractivity contribution >= 4 is 27.3 Å². The number of rotatable bonds is 3. The lowest BCUT2D eigenvalue weighted by atomic mass is 9.77. The smallest absolute Gasteiger partial charge is 0.346 e. The van der Waals surface area contributed by atoms with Crippen molar-refractivity contribution in [1.29, 1.82) is 0 Å². The number of benzene rings is 1. The molecule has 2 aliphatic carbocycles. The van der Waals surface area contributed by atoms with Crippen molar-refractivity contribution in [2.45, 2.75) is 61.7 Å². The Kier molecular flexibility index (Phi) is 3.61. The van der Waals surface area contributed by atoms with Gasteiger partial charge in [-0.15, -0.1) is 11.3 Å².